The summed E-state index contributed by atoms with van der Waals surface area (Å²) in [6.07, 6.45) is 14.7. The fourth-order valence-electron chi connectivity index (χ4n) is 5.02. The van der Waals surface area contributed by atoms with E-state index in [4.69, 9.17) is 5.11 Å². The topological polar surface area (TPSA) is 71.4 Å². The van der Waals surface area contributed by atoms with Crippen LogP contribution in [0.3, 0.4) is 0 Å². The second-order valence-corrected chi connectivity index (χ2v) is 10.6. The molecule has 2 bridgehead atoms. The number of carboxylic acid groups (broad SMARTS) is 1. The Labute approximate surface area is 159 Å². The van der Waals surface area contributed by atoms with Gasteiger partial charge >= 0.3 is 5.97 Å². The van der Waals surface area contributed by atoms with Crippen molar-refractivity contribution in [1.29, 1.82) is 0 Å². The fraction of sp³-hybridized carbons (Fsp3) is 0.857. The molecular formula is C21H36O4S. The lowest BCUT2D eigenvalue weighted by atomic mass is 9.78. The van der Waals surface area contributed by atoms with Crippen molar-refractivity contribution in [1.82, 2.24) is 0 Å². The smallest absolute Gasteiger partial charge is 0.303 e. The first-order chi connectivity index (χ1) is 12.4. The molecule has 2 rings (SSSR count). The van der Waals surface area contributed by atoms with E-state index < -0.39 is 15.8 Å². The highest BCUT2D eigenvalue weighted by Gasteiger charge is 2.47. The van der Waals surface area contributed by atoms with Gasteiger partial charge in [0.1, 0.15) is 0 Å². The summed E-state index contributed by atoms with van der Waals surface area (Å²) in [4.78, 5) is 10.5. The normalized spacial score (nSPS) is 28.2. The number of fused-ring (bicyclic) bond motifs is 2. The first-order valence-electron chi connectivity index (χ1n) is 10.5. The summed E-state index contributed by atoms with van der Waals surface area (Å²) in [6.45, 7) is 2.14. The number of rotatable bonds is 13. The van der Waals surface area contributed by atoms with Crippen molar-refractivity contribution in [3.63, 3.8) is 0 Å². The van der Waals surface area contributed by atoms with Gasteiger partial charge in [0.25, 0.3) is 0 Å². The molecular weight excluding hydrogens is 348 g/mol. The quantitative estimate of drug-likeness (QED) is 0.364. The molecule has 150 valence electrons. The molecule has 4 nitrogen and oxygen atoms in total. The highest BCUT2D eigenvalue weighted by molar-refractivity contribution is 7.91. The third-order valence-electron chi connectivity index (χ3n) is 6.37. The number of allylic oxidation sites excluding steroid dienone is 2. The van der Waals surface area contributed by atoms with Gasteiger partial charge in [0.15, 0.2) is 9.84 Å². The third kappa shape index (κ3) is 6.71. The molecule has 0 aromatic heterocycles. The van der Waals surface area contributed by atoms with E-state index >= 15 is 0 Å². The SMILES string of the molecule is CCCCCCS(=O)(=O)C[C@@H]1[C@@H]2CC[C@@H](C2)[C@@H]1C/C=C\CCCC(=O)O. The van der Waals surface area contributed by atoms with Crippen LogP contribution >= 0.6 is 0 Å². The number of carbonyl (C=O) groups is 1. The minimum absolute atomic E-state index is 0.220. The molecule has 0 heterocycles. The molecule has 4 atom stereocenters. The van der Waals surface area contributed by atoms with Gasteiger partial charge < -0.3 is 5.11 Å². The number of aliphatic carboxylic acids is 1. The number of sulfone groups is 1. The van der Waals surface area contributed by atoms with Crippen molar-refractivity contribution in [2.75, 3.05) is 11.5 Å². The third-order valence-corrected chi connectivity index (χ3v) is 8.17. The van der Waals surface area contributed by atoms with Gasteiger partial charge in [-0.25, -0.2) is 8.42 Å². The van der Waals surface area contributed by atoms with E-state index in [9.17, 15) is 13.2 Å². The first kappa shape index (κ1) is 21.5. The Balaban J connectivity index is 1.82. The highest BCUT2D eigenvalue weighted by Crippen LogP contribution is 2.54. The molecule has 2 saturated carbocycles. The number of carboxylic acids is 1. The molecule has 1 N–H and O–H groups in total. The van der Waals surface area contributed by atoms with Crippen molar-refractivity contribution in [3.8, 4) is 0 Å². The van der Waals surface area contributed by atoms with E-state index in [-0.39, 0.29) is 6.42 Å². The minimum atomic E-state index is -2.94. The average molecular weight is 385 g/mol. The molecule has 0 radical (unpaired) electrons. The molecule has 26 heavy (non-hydrogen) atoms. The Hall–Kier alpha value is -0.840. The number of hydrogen-bond donors (Lipinski definition) is 1. The Kier molecular flexibility index (Phi) is 8.65. The largest absolute Gasteiger partial charge is 0.481 e. The summed E-state index contributed by atoms with van der Waals surface area (Å²) in [7, 11) is -2.94. The van der Waals surface area contributed by atoms with Crippen LogP contribution in [-0.2, 0) is 14.6 Å². The predicted octanol–water partition coefficient (Wildman–Crippen LogP) is 4.85. The van der Waals surface area contributed by atoms with Gasteiger partial charge in [-0.05, 0) is 68.6 Å². The van der Waals surface area contributed by atoms with Gasteiger partial charge in [0.2, 0.25) is 0 Å². The van der Waals surface area contributed by atoms with E-state index in [0.717, 1.165) is 38.5 Å². The number of hydrogen-bond acceptors (Lipinski definition) is 3. The Morgan fingerprint density at radius 3 is 2.46 bits per heavy atom. The maximum atomic E-state index is 12.6. The zero-order chi connectivity index (χ0) is 19.0. The van der Waals surface area contributed by atoms with Gasteiger partial charge in [-0.2, -0.15) is 0 Å². The molecule has 2 aliphatic rings. The average Bonchev–Trinajstić information content (AvgIpc) is 3.16. The molecule has 0 spiro atoms. The van der Waals surface area contributed by atoms with Crippen LogP contribution in [0.1, 0.15) is 77.6 Å². The van der Waals surface area contributed by atoms with Gasteiger partial charge in [0.05, 0.1) is 11.5 Å². The summed E-state index contributed by atoms with van der Waals surface area (Å²) in [6, 6.07) is 0. The van der Waals surface area contributed by atoms with Crippen LogP contribution in [0, 0.1) is 23.7 Å². The zero-order valence-corrected chi connectivity index (χ0v) is 17.1. The maximum Gasteiger partial charge on any atom is 0.303 e. The maximum absolute atomic E-state index is 12.6. The molecule has 0 unspecified atom stereocenters. The predicted molar refractivity (Wildman–Crippen MR) is 106 cm³/mol. The summed E-state index contributed by atoms with van der Waals surface area (Å²) < 4.78 is 25.2. The van der Waals surface area contributed by atoms with Gasteiger partial charge in [0, 0.05) is 6.42 Å². The van der Waals surface area contributed by atoms with Crippen molar-refractivity contribution in [2.24, 2.45) is 23.7 Å². The number of unbranched alkanes of at least 4 members (excludes halogenated alkanes) is 4. The standard InChI is InChI=1S/C21H36O4S/c1-2-3-4-9-14-26(24,25)16-20-18-13-12-17(15-18)19(20)10-7-5-6-8-11-21(22)23/h5,7,17-20H,2-4,6,8-16H2,1H3,(H,22,23)/b7-5-/t17-,18+,19-,20+/m0/s1. The van der Waals surface area contributed by atoms with Crippen LogP contribution < -0.4 is 0 Å². The minimum Gasteiger partial charge on any atom is -0.481 e. The lowest BCUT2D eigenvalue weighted by molar-refractivity contribution is -0.137. The lowest BCUT2D eigenvalue weighted by Gasteiger charge is -2.30. The van der Waals surface area contributed by atoms with Gasteiger partial charge in [-0.1, -0.05) is 38.3 Å². The van der Waals surface area contributed by atoms with Crippen molar-refractivity contribution >= 4 is 15.8 Å². The Bertz CT molecular complexity index is 567. The van der Waals surface area contributed by atoms with Crippen LogP contribution in [0.25, 0.3) is 0 Å². The van der Waals surface area contributed by atoms with E-state index in [1.807, 2.05) is 0 Å². The molecule has 2 aliphatic carbocycles. The monoisotopic (exact) mass is 384 g/mol. The van der Waals surface area contributed by atoms with Crippen LogP contribution in [0.5, 0.6) is 0 Å². The van der Waals surface area contributed by atoms with Crippen molar-refractivity contribution in [2.45, 2.75) is 77.6 Å². The molecule has 0 saturated heterocycles. The van der Waals surface area contributed by atoms with Crippen LogP contribution in [0.4, 0.5) is 0 Å². The molecule has 2 fully saturated rings. The summed E-state index contributed by atoms with van der Waals surface area (Å²) in [5, 5.41) is 8.67. The van der Waals surface area contributed by atoms with Gasteiger partial charge in [-0.15, -0.1) is 0 Å². The summed E-state index contributed by atoms with van der Waals surface area (Å²) in [5.74, 6) is 2.16. The van der Waals surface area contributed by atoms with Crippen molar-refractivity contribution in [3.05, 3.63) is 12.2 Å². The molecule has 5 heteroatoms. The Morgan fingerprint density at radius 2 is 1.77 bits per heavy atom. The molecule has 0 amide bonds. The second kappa shape index (κ2) is 10.5. The van der Waals surface area contributed by atoms with E-state index in [0.29, 0.717) is 41.6 Å². The first-order valence-corrected chi connectivity index (χ1v) is 12.3. The summed E-state index contributed by atoms with van der Waals surface area (Å²) >= 11 is 0. The fourth-order valence-corrected chi connectivity index (χ4v) is 6.94. The van der Waals surface area contributed by atoms with E-state index in [1.165, 1.54) is 19.3 Å². The highest BCUT2D eigenvalue weighted by atomic mass is 32.2. The molecule has 0 aromatic carbocycles. The summed E-state index contributed by atoms with van der Waals surface area (Å²) in [5.41, 5.74) is 0. The van der Waals surface area contributed by atoms with E-state index in [2.05, 4.69) is 19.1 Å². The van der Waals surface area contributed by atoms with Gasteiger partial charge in [-0.3, -0.25) is 4.79 Å². The van der Waals surface area contributed by atoms with E-state index in [1.54, 1.807) is 0 Å². The van der Waals surface area contributed by atoms with Crippen LogP contribution in [0.15, 0.2) is 12.2 Å². The van der Waals surface area contributed by atoms with Crippen LogP contribution in [-0.4, -0.2) is 31.0 Å². The lowest BCUT2D eigenvalue weighted by Crippen LogP contribution is -2.30. The second-order valence-electron chi connectivity index (χ2n) is 8.33. The van der Waals surface area contributed by atoms with Crippen LogP contribution in [0.2, 0.25) is 0 Å². The molecule has 0 aliphatic heterocycles. The zero-order valence-electron chi connectivity index (χ0n) is 16.2. The molecule has 0 aromatic rings. The van der Waals surface area contributed by atoms with Crippen molar-refractivity contribution < 1.29 is 18.3 Å². The Morgan fingerprint density at radius 1 is 1.04 bits per heavy atom.